The van der Waals surface area contributed by atoms with E-state index in [2.05, 4.69) is 9.88 Å². The van der Waals surface area contributed by atoms with E-state index in [9.17, 15) is 4.79 Å². The highest BCUT2D eigenvalue weighted by molar-refractivity contribution is 5.81. The Morgan fingerprint density at radius 1 is 1.33 bits per heavy atom. The average Bonchev–Trinajstić information content (AvgIpc) is 2.30. The third kappa shape index (κ3) is 2.26. The first kappa shape index (κ1) is 9.96. The molecule has 15 heavy (non-hydrogen) atoms. The van der Waals surface area contributed by atoms with E-state index >= 15 is 0 Å². The summed E-state index contributed by atoms with van der Waals surface area (Å²) < 4.78 is 5.11. The van der Waals surface area contributed by atoms with Crippen LogP contribution >= 0.6 is 0 Å². The predicted molar refractivity (Wildman–Crippen MR) is 57.2 cm³/mol. The number of hydrogen-bond donors (Lipinski definition) is 0. The topological polar surface area (TPSA) is 42.4 Å². The van der Waals surface area contributed by atoms with Gasteiger partial charge in [-0.05, 0) is 0 Å². The van der Waals surface area contributed by atoms with Gasteiger partial charge in [-0.2, -0.15) is 0 Å². The molecule has 0 N–H and O–H groups in total. The van der Waals surface area contributed by atoms with Crippen LogP contribution in [0.3, 0.4) is 0 Å². The minimum Gasteiger partial charge on any atom is -0.495 e. The molecule has 1 aromatic heterocycles. The standard InChI is InChI=1S/C11H14N2O2/c1-15-11-6-9(7-12-8-11)13-4-2-10(14)3-5-13/h6-8H,2-5H2,1H3. The van der Waals surface area contributed by atoms with Crippen LogP contribution in [0.2, 0.25) is 0 Å². The highest BCUT2D eigenvalue weighted by Gasteiger charge is 2.16. The van der Waals surface area contributed by atoms with E-state index < -0.39 is 0 Å². The summed E-state index contributed by atoms with van der Waals surface area (Å²) >= 11 is 0. The van der Waals surface area contributed by atoms with E-state index in [0.29, 0.717) is 18.6 Å². The number of Topliss-reactive ketones (excluding diaryl/α,β-unsaturated/α-hetero) is 1. The molecule has 0 radical (unpaired) electrons. The largest absolute Gasteiger partial charge is 0.495 e. The smallest absolute Gasteiger partial charge is 0.139 e. The highest BCUT2D eigenvalue weighted by Crippen LogP contribution is 2.21. The van der Waals surface area contributed by atoms with Gasteiger partial charge >= 0.3 is 0 Å². The number of carbonyl (C=O) groups excluding carboxylic acids is 1. The third-order valence-corrected chi connectivity index (χ3v) is 2.62. The number of ether oxygens (including phenoxy) is 1. The molecule has 0 amide bonds. The van der Waals surface area contributed by atoms with Crippen molar-refractivity contribution < 1.29 is 9.53 Å². The van der Waals surface area contributed by atoms with E-state index in [1.807, 2.05) is 6.07 Å². The van der Waals surface area contributed by atoms with Crippen LogP contribution in [-0.4, -0.2) is 31.0 Å². The minimum absolute atomic E-state index is 0.349. The first-order chi connectivity index (χ1) is 7.29. The maximum absolute atomic E-state index is 11.1. The summed E-state index contributed by atoms with van der Waals surface area (Å²) in [7, 11) is 1.63. The number of nitrogens with zero attached hydrogens (tertiary/aromatic N) is 2. The number of pyridine rings is 1. The maximum atomic E-state index is 11.1. The first-order valence-corrected chi connectivity index (χ1v) is 5.05. The van der Waals surface area contributed by atoms with Crippen molar-refractivity contribution in [2.75, 3.05) is 25.1 Å². The second-order valence-corrected chi connectivity index (χ2v) is 3.61. The average molecular weight is 206 g/mol. The maximum Gasteiger partial charge on any atom is 0.139 e. The number of anilines is 1. The highest BCUT2D eigenvalue weighted by atomic mass is 16.5. The van der Waals surface area contributed by atoms with Crippen LogP contribution in [0.1, 0.15) is 12.8 Å². The summed E-state index contributed by atoms with van der Waals surface area (Å²) in [6, 6.07) is 1.95. The molecule has 2 heterocycles. The molecule has 0 bridgehead atoms. The first-order valence-electron chi connectivity index (χ1n) is 5.05. The van der Waals surface area contributed by atoms with Crippen LogP contribution in [0.4, 0.5) is 5.69 Å². The van der Waals surface area contributed by atoms with Gasteiger partial charge in [-0.3, -0.25) is 9.78 Å². The number of aromatic nitrogens is 1. The molecule has 0 saturated carbocycles. The molecule has 4 nitrogen and oxygen atoms in total. The molecule has 1 saturated heterocycles. The number of carbonyl (C=O) groups is 1. The van der Waals surface area contributed by atoms with E-state index in [1.54, 1.807) is 19.5 Å². The van der Waals surface area contributed by atoms with Crippen molar-refractivity contribution in [2.45, 2.75) is 12.8 Å². The van der Waals surface area contributed by atoms with Gasteiger partial charge in [-0.15, -0.1) is 0 Å². The van der Waals surface area contributed by atoms with Crippen molar-refractivity contribution in [3.05, 3.63) is 18.5 Å². The normalized spacial score (nSPS) is 16.6. The molecule has 1 fully saturated rings. The summed E-state index contributed by atoms with van der Waals surface area (Å²) in [5, 5.41) is 0. The second kappa shape index (κ2) is 4.29. The van der Waals surface area contributed by atoms with E-state index in [0.717, 1.165) is 24.5 Å². The lowest BCUT2D eigenvalue weighted by Gasteiger charge is -2.27. The summed E-state index contributed by atoms with van der Waals surface area (Å²) in [6.07, 6.45) is 4.76. The van der Waals surface area contributed by atoms with Crippen molar-refractivity contribution in [2.24, 2.45) is 0 Å². The number of rotatable bonds is 2. The summed E-state index contributed by atoms with van der Waals surface area (Å²) in [5.41, 5.74) is 1.03. The van der Waals surface area contributed by atoms with Crippen molar-refractivity contribution >= 4 is 11.5 Å². The molecule has 0 atom stereocenters. The minimum atomic E-state index is 0.349. The SMILES string of the molecule is COc1cncc(N2CCC(=O)CC2)c1. The molecule has 0 spiro atoms. The third-order valence-electron chi connectivity index (χ3n) is 2.62. The number of hydrogen-bond acceptors (Lipinski definition) is 4. The van der Waals surface area contributed by atoms with Crippen LogP contribution in [0.5, 0.6) is 5.75 Å². The molecule has 0 unspecified atom stereocenters. The Morgan fingerprint density at radius 3 is 2.73 bits per heavy atom. The Kier molecular flexibility index (Phi) is 2.85. The molecule has 1 aromatic rings. The van der Waals surface area contributed by atoms with Gasteiger partial charge in [0.25, 0.3) is 0 Å². The molecule has 1 aliphatic heterocycles. The number of ketones is 1. The Hall–Kier alpha value is -1.58. The van der Waals surface area contributed by atoms with Crippen molar-refractivity contribution in [1.82, 2.24) is 4.98 Å². The predicted octanol–water partition coefficient (Wildman–Crippen LogP) is 1.26. The summed E-state index contributed by atoms with van der Waals surface area (Å²) in [6.45, 7) is 1.57. The van der Waals surface area contributed by atoms with E-state index in [4.69, 9.17) is 4.74 Å². The Balaban J connectivity index is 2.11. The van der Waals surface area contributed by atoms with Gasteiger partial charge in [-0.1, -0.05) is 0 Å². The fourth-order valence-corrected chi connectivity index (χ4v) is 1.71. The van der Waals surface area contributed by atoms with Crippen LogP contribution in [-0.2, 0) is 4.79 Å². The Morgan fingerprint density at radius 2 is 2.07 bits per heavy atom. The van der Waals surface area contributed by atoms with Crippen LogP contribution < -0.4 is 9.64 Å². The quantitative estimate of drug-likeness (QED) is 0.730. The number of methoxy groups -OCH3 is 1. The molecule has 0 aromatic carbocycles. The van der Waals surface area contributed by atoms with Gasteiger partial charge < -0.3 is 9.64 Å². The zero-order valence-corrected chi connectivity index (χ0v) is 8.77. The van der Waals surface area contributed by atoms with E-state index in [-0.39, 0.29) is 0 Å². The van der Waals surface area contributed by atoms with E-state index in [1.165, 1.54) is 0 Å². The van der Waals surface area contributed by atoms with Crippen molar-refractivity contribution in [3.63, 3.8) is 0 Å². The van der Waals surface area contributed by atoms with Gasteiger partial charge in [-0.25, -0.2) is 0 Å². The Labute approximate surface area is 88.9 Å². The van der Waals surface area contributed by atoms with Crippen molar-refractivity contribution in [1.29, 1.82) is 0 Å². The molecular formula is C11H14N2O2. The lowest BCUT2D eigenvalue weighted by Crippen LogP contribution is -2.33. The van der Waals surface area contributed by atoms with Gasteiger partial charge in [0.1, 0.15) is 11.5 Å². The molecule has 4 heteroatoms. The summed E-state index contributed by atoms with van der Waals surface area (Å²) in [5.74, 6) is 1.10. The fourth-order valence-electron chi connectivity index (χ4n) is 1.71. The second-order valence-electron chi connectivity index (χ2n) is 3.61. The molecule has 1 aliphatic rings. The lowest BCUT2D eigenvalue weighted by molar-refractivity contribution is -0.119. The number of piperidine rings is 1. The van der Waals surface area contributed by atoms with Crippen molar-refractivity contribution in [3.8, 4) is 5.75 Å². The fraction of sp³-hybridized carbons (Fsp3) is 0.455. The van der Waals surface area contributed by atoms with Gasteiger partial charge in [0.2, 0.25) is 0 Å². The monoisotopic (exact) mass is 206 g/mol. The van der Waals surface area contributed by atoms with Gasteiger partial charge in [0, 0.05) is 32.0 Å². The zero-order valence-electron chi connectivity index (χ0n) is 8.77. The van der Waals surface area contributed by atoms with Crippen LogP contribution in [0.25, 0.3) is 0 Å². The molecular weight excluding hydrogens is 192 g/mol. The molecule has 80 valence electrons. The zero-order chi connectivity index (χ0) is 10.7. The molecule has 2 rings (SSSR count). The summed E-state index contributed by atoms with van der Waals surface area (Å²) in [4.78, 5) is 17.4. The Bertz CT molecular complexity index is 355. The van der Waals surface area contributed by atoms with Crippen LogP contribution in [0.15, 0.2) is 18.5 Å². The molecule has 0 aliphatic carbocycles. The van der Waals surface area contributed by atoms with Gasteiger partial charge in [0.05, 0.1) is 25.2 Å². The lowest BCUT2D eigenvalue weighted by atomic mass is 10.1. The van der Waals surface area contributed by atoms with Gasteiger partial charge in [0.15, 0.2) is 0 Å². The van der Waals surface area contributed by atoms with Crippen LogP contribution in [0, 0.1) is 0 Å².